The molecule has 0 aliphatic carbocycles. The molecular weight excluding hydrogens is 377 g/mol. The number of benzene rings is 2. The SMILES string of the molecule is C[NH+]1[C@H]2CC[C@@H]1C=C(N(CCc1c[nH]c3ccccc13)C(=O)c1ccc(F)cc1)C2. The maximum Gasteiger partial charge on any atom is 0.258 e. The topological polar surface area (TPSA) is 40.5 Å². The summed E-state index contributed by atoms with van der Waals surface area (Å²) in [5.41, 5.74) is 3.99. The van der Waals surface area contributed by atoms with Gasteiger partial charge in [0.15, 0.2) is 0 Å². The van der Waals surface area contributed by atoms with Crippen molar-refractivity contribution in [2.75, 3.05) is 13.6 Å². The quantitative estimate of drug-likeness (QED) is 0.673. The molecule has 3 atom stereocenters. The van der Waals surface area contributed by atoms with Gasteiger partial charge in [0.1, 0.15) is 11.9 Å². The molecular formula is C25H27FN3O+. The molecule has 30 heavy (non-hydrogen) atoms. The molecule has 0 saturated carbocycles. The van der Waals surface area contributed by atoms with Crippen molar-refractivity contribution in [2.45, 2.75) is 37.8 Å². The van der Waals surface area contributed by atoms with Gasteiger partial charge in [0.05, 0.1) is 13.1 Å². The molecule has 2 aliphatic heterocycles. The summed E-state index contributed by atoms with van der Waals surface area (Å²) in [7, 11) is 2.26. The summed E-state index contributed by atoms with van der Waals surface area (Å²) in [6, 6.07) is 15.2. The van der Waals surface area contributed by atoms with Crippen molar-refractivity contribution >= 4 is 16.8 Å². The van der Waals surface area contributed by atoms with E-state index in [1.165, 1.54) is 35.9 Å². The van der Waals surface area contributed by atoms with E-state index in [0.717, 1.165) is 24.1 Å². The number of carbonyl (C=O) groups excluding carboxylic acids is 1. The Hall–Kier alpha value is -2.92. The molecule has 0 spiro atoms. The summed E-state index contributed by atoms with van der Waals surface area (Å²) < 4.78 is 13.4. The molecule has 154 valence electrons. The number of para-hydroxylation sites is 1. The highest BCUT2D eigenvalue weighted by molar-refractivity contribution is 5.95. The number of aromatic amines is 1. The number of amides is 1. The fourth-order valence-electron chi connectivity index (χ4n) is 5.06. The molecule has 0 radical (unpaired) electrons. The third-order valence-electron chi connectivity index (χ3n) is 6.87. The van der Waals surface area contributed by atoms with Crippen LogP contribution in [0.15, 0.2) is 66.5 Å². The van der Waals surface area contributed by atoms with Gasteiger partial charge >= 0.3 is 0 Å². The highest BCUT2D eigenvalue weighted by Crippen LogP contribution is 2.27. The van der Waals surface area contributed by atoms with Crippen LogP contribution in [0.25, 0.3) is 10.9 Å². The van der Waals surface area contributed by atoms with Gasteiger partial charge in [0.25, 0.3) is 5.91 Å². The molecule has 2 aromatic carbocycles. The van der Waals surface area contributed by atoms with E-state index >= 15 is 0 Å². The van der Waals surface area contributed by atoms with Crippen molar-refractivity contribution in [1.29, 1.82) is 0 Å². The van der Waals surface area contributed by atoms with Crippen LogP contribution in [-0.4, -0.2) is 41.5 Å². The lowest BCUT2D eigenvalue weighted by Gasteiger charge is -2.33. The lowest BCUT2D eigenvalue weighted by Crippen LogP contribution is -3.14. The Morgan fingerprint density at radius 2 is 1.97 bits per heavy atom. The maximum absolute atomic E-state index is 13.4. The first-order valence-electron chi connectivity index (χ1n) is 10.8. The van der Waals surface area contributed by atoms with Gasteiger partial charge in [-0.05, 0) is 48.4 Å². The summed E-state index contributed by atoms with van der Waals surface area (Å²) in [6.45, 7) is 0.613. The fraction of sp³-hybridized carbons (Fsp3) is 0.320. The number of rotatable bonds is 5. The van der Waals surface area contributed by atoms with Gasteiger partial charge in [-0.15, -0.1) is 0 Å². The van der Waals surface area contributed by atoms with Crippen LogP contribution in [0, 0.1) is 5.82 Å². The Morgan fingerprint density at radius 3 is 2.77 bits per heavy atom. The standard InChI is InChI=1S/C25H26FN3O/c1-28-20-10-11-21(28)15-22(14-20)29(25(30)17-6-8-19(26)9-7-17)13-12-18-16-27-24-5-3-2-4-23(18)24/h2-9,14,16,20-21,27H,10-13,15H2,1H3/p+1/t20-,21+/m1/s1. The van der Waals surface area contributed by atoms with Gasteiger partial charge in [0, 0.05) is 54.2 Å². The van der Waals surface area contributed by atoms with Crippen LogP contribution in [0.5, 0.6) is 0 Å². The van der Waals surface area contributed by atoms with Crippen LogP contribution >= 0.6 is 0 Å². The smallest absolute Gasteiger partial charge is 0.258 e. The minimum Gasteiger partial charge on any atom is -0.361 e. The predicted octanol–water partition coefficient (Wildman–Crippen LogP) is 3.33. The zero-order valence-electron chi connectivity index (χ0n) is 17.2. The normalized spacial score (nSPS) is 22.9. The lowest BCUT2D eigenvalue weighted by molar-refractivity contribution is -0.912. The average molecular weight is 405 g/mol. The molecule has 1 saturated heterocycles. The van der Waals surface area contributed by atoms with Crippen molar-refractivity contribution in [3.8, 4) is 0 Å². The molecule has 3 aromatic rings. The fourth-order valence-corrected chi connectivity index (χ4v) is 5.06. The molecule has 5 rings (SSSR count). The van der Waals surface area contributed by atoms with Crippen LogP contribution in [-0.2, 0) is 6.42 Å². The van der Waals surface area contributed by atoms with E-state index in [1.54, 1.807) is 17.0 Å². The molecule has 4 nitrogen and oxygen atoms in total. The molecule has 3 heterocycles. The third-order valence-corrected chi connectivity index (χ3v) is 6.87. The Balaban J connectivity index is 1.44. The number of H-pyrrole nitrogens is 1. The zero-order chi connectivity index (χ0) is 20.7. The number of nitrogens with zero attached hydrogens (tertiary/aromatic N) is 1. The van der Waals surface area contributed by atoms with Gasteiger partial charge in [-0.1, -0.05) is 18.2 Å². The summed E-state index contributed by atoms with van der Waals surface area (Å²) >= 11 is 0. The molecule has 2 bridgehead atoms. The second kappa shape index (κ2) is 7.73. The summed E-state index contributed by atoms with van der Waals surface area (Å²) in [4.78, 5) is 20.3. The third kappa shape index (κ3) is 3.43. The van der Waals surface area contributed by atoms with Crippen molar-refractivity contribution < 1.29 is 14.1 Å². The largest absolute Gasteiger partial charge is 0.361 e. The average Bonchev–Trinajstić information content (AvgIpc) is 3.24. The molecule has 2 aliphatic rings. The first kappa shape index (κ1) is 19.1. The van der Waals surface area contributed by atoms with Crippen molar-refractivity contribution in [1.82, 2.24) is 9.88 Å². The number of carbonyl (C=O) groups is 1. The number of nitrogens with one attached hydrogen (secondary N) is 2. The second-order valence-electron chi connectivity index (χ2n) is 8.56. The van der Waals surface area contributed by atoms with Gasteiger partial charge in [-0.25, -0.2) is 4.39 Å². The second-order valence-corrected chi connectivity index (χ2v) is 8.56. The van der Waals surface area contributed by atoms with E-state index in [9.17, 15) is 9.18 Å². The molecule has 1 fully saturated rings. The van der Waals surface area contributed by atoms with Crippen molar-refractivity contribution in [2.24, 2.45) is 0 Å². The summed E-state index contributed by atoms with van der Waals surface area (Å²) in [5.74, 6) is -0.364. The summed E-state index contributed by atoms with van der Waals surface area (Å²) in [6.07, 6.45) is 8.42. The Bertz CT molecular complexity index is 1100. The first-order chi connectivity index (χ1) is 14.6. The minimum absolute atomic E-state index is 0.0416. The van der Waals surface area contributed by atoms with Gasteiger partial charge in [-0.3, -0.25) is 4.79 Å². The van der Waals surface area contributed by atoms with E-state index in [1.807, 2.05) is 23.2 Å². The van der Waals surface area contributed by atoms with Gasteiger partial charge in [-0.2, -0.15) is 0 Å². The Kier molecular flexibility index (Phi) is 4.91. The zero-order valence-corrected chi connectivity index (χ0v) is 17.2. The van der Waals surface area contributed by atoms with Gasteiger partial charge < -0.3 is 14.8 Å². The van der Waals surface area contributed by atoms with Crippen LogP contribution in [0.3, 0.4) is 0 Å². The number of hydrogen-bond acceptors (Lipinski definition) is 1. The minimum atomic E-state index is -0.322. The van der Waals surface area contributed by atoms with E-state index in [0.29, 0.717) is 24.2 Å². The van der Waals surface area contributed by atoms with Crippen LogP contribution < -0.4 is 4.90 Å². The number of quaternary nitrogens is 1. The van der Waals surface area contributed by atoms with Crippen LogP contribution in [0.2, 0.25) is 0 Å². The number of likely N-dealkylation sites (N-methyl/N-ethyl adjacent to an activating group) is 1. The van der Waals surface area contributed by atoms with Gasteiger partial charge in [0.2, 0.25) is 0 Å². The number of halogens is 1. The predicted molar refractivity (Wildman–Crippen MR) is 116 cm³/mol. The lowest BCUT2D eigenvalue weighted by atomic mass is 10.0. The highest BCUT2D eigenvalue weighted by atomic mass is 19.1. The van der Waals surface area contributed by atoms with E-state index in [-0.39, 0.29) is 11.7 Å². The van der Waals surface area contributed by atoms with Crippen molar-refractivity contribution in [3.63, 3.8) is 0 Å². The molecule has 5 heteroatoms. The van der Waals surface area contributed by atoms with Crippen LogP contribution in [0.4, 0.5) is 4.39 Å². The van der Waals surface area contributed by atoms with E-state index < -0.39 is 0 Å². The van der Waals surface area contributed by atoms with E-state index in [2.05, 4.69) is 30.2 Å². The molecule has 2 N–H and O–H groups in total. The maximum atomic E-state index is 13.4. The summed E-state index contributed by atoms with van der Waals surface area (Å²) in [5, 5.41) is 1.20. The highest BCUT2D eigenvalue weighted by Gasteiger charge is 2.40. The van der Waals surface area contributed by atoms with Crippen LogP contribution in [0.1, 0.15) is 35.2 Å². The monoisotopic (exact) mass is 404 g/mol. The number of fused-ring (bicyclic) bond motifs is 3. The number of hydrogen-bond donors (Lipinski definition) is 2. The molecule has 1 unspecified atom stereocenters. The number of aromatic nitrogens is 1. The van der Waals surface area contributed by atoms with Crippen molar-refractivity contribution in [3.05, 3.63) is 83.4 Å². The molecule has 1 aromatic heterocycles. The first-order valence-corrected chi connectivity index (χ1v) is 10.8. The Labute approximate surface area is 176 Å². The Morgan fingerprint density at radius 1 is 1.17 bits per heavy atom. The molecule has 1 amide bonds. The van der Waals surface area contributed by atoms with E-state index in [4.69, 9.17) is 0 Å².